The zero-order valence-corrected chi connectivity index (χ0v) is 10.2. The summed E-state index contributed by atoms with van der Waals surface area (Å²) in [5.74, 6) is -0.867. The molecule has 0 spiro atoms. The summed E-state index contributed by atoms with van der Waals surface area (Å²) >= 11 is 0. The van der Waals surface area contributed by atoms with Crippen LogP contribution in [0.15, 0.2) is 0 Å². The fourth-order valence-electron chi connectivity index (χ4n) is 1.81. The number of carbonyl (C=O) groups excluding carboxylic acids is 2. The summed E-state index contributed by atoms with van der Waals surface area (Å²) in [4.78, 5) is 24.9. The third kappa shape index (κ3) is 4.43. The quantitative estimate of drug-likeness (QED) is 0.780. The summed E-state index contributed by atoms with van der Waals surface area (Å²) in [7, 11) is 0. The number of likely N-dealkylation sites (tertiary alicyclic amines) is 1. The van der Waals surface area contributed by atoms with Crippen LogP contribution in [0.1, 0.15) is 32.6 Å². The van der Waals surface area contributed by atoms with E-state index in [4.69, 9.17) is 5.26 Å². The average molecular weight is 237 g/mol. The van der Waals surface area contributed by atoms with Gasteiger partial charge in [-0.1, -0.05) is 0 Å². The maximum absolute atomic E-state index is 11.7. The first kappa shape index (κ1) is 13.5. The molecule has 5 heteroatoms. The van der Waals surface area contributed by atoms with Crippen molar-refractivity contribution in [3.05, 3.63) is 0 Å². The molecule has 17 heavy (non-hydrogen) atoms. The molecule has 2 amide bonds. The van der Waals surface area contributed by atoms with Crippen molar-refractivity contribution in [3.63, 3.8) is 0 Å². The van der Waals surface area contributed by atoms with Crippen molar-refractivity contribution < 1.29 is 9.59 Å². The molecule has 0 radical (unpaired) electrons. The monoisotopic (exact) mass is 237 g/mol. The SMILES string of the molecule is CC(C#N)C(=O)NCCC(=O)N1CCCCC1. The van der Waals surface area contributed by atoms with Crippen molar-refractivity contribution in [2.75, 3.05) is 19.6 Å². The van der Waals surface area contributed by atoms with Gasteiger partial charge in [0.05, 0.1) is 6.07 Å². The van der Waals surface area contributed by atoms with Crippen LogP contribution in [0.3, 0.4) is 0 Å². The molecule has 1 saturated heterocycles. The van der Waals surface area contributed by atoms with E-state index in [0.29, 0.717) is 13.0 Å². The highest BCUT2D eigenvalue weighted by atomic mass is 16.2. The maximum Gasteiger partial charge on any atom is 0.237 e. The number of piperidine rings is 1. The van der Waals surface area contributed by atoms with Gasteiger partial charge in [-0.25, -0.2) is 0 Å². The number of rotatable bonds is 4. The highest BCUT2D eigenvalue weighted by molar-refractivity contribution is 5.81. The number of hydrogen-bond acceptors (Lipinski definition) is 3. The van der Waals surface area contributed by atoms with Gasteiger partial charge in [-0.2, -0.15) is 5.26 Å². The van der Waals surface area contributed by atoms with Gasteiger partial charge in [0.15, 0.2) is 0 Å². The van der Waals surface area contributed by atoms with Gasteiger partial charge in [-0.3, -0.25) is 9.59 Å². The normalized spacial score (nSPS) is 17.1. The molecule has 0 aromatic carbocycles. The number of nitrogens with one attached hydrogen (secondary N) is 1. The molecule has 1 unspecified atom stereocenters. The Bertz CT molecular complexity index is 316. The molecule has 1 fully saturated rings. The van der Waals surface area contributed by atoms with Crippen LogP contribution in [0.5, 0.6) is 0 Å². The third-order valence-corrected chi connectivity index (χ3v) is 2.93. The predicted molar refractivity (Wildman–Crippen MR) is 62.8 cm³/mol. The second-order valence-electron chi connectivity index (χ2n) is 4.33. The molecule has 0 saturated carbocycles. The van der Waals surface area contributed by atoms with Crippen LogP contribution in [0, 0.1) is 17.2 Å². The van der Waals surface area contributed by atoms with Crippen molar-refractivity contribution in [1.29, 1.82) is 5.26 Å². The molecule has 1 aliphatic rings. The molecule has 1 N–H and O–H groups in total. The largest absolute Gasteiger partial charge is 0.354 e. The molecule has 0 bridgehead atoms. The molecule has 0 aliphatic carbocycles. The highest BCUT2D eigenvalue weighted by Gasteiger charge is 2.17. The lowest BCUT2D eigenvalue weighted by Gasteiger charge is -2.26. The minimum Gasteiger partial charge on any atom is -0.354 e. The van der Waals surface area contributed by atoms with E-state index in [0.717, 1.165) is 25.9 Å². The molecule has 1 atom stereocenters. The van der Waals surface area contributed by atoms with Gasteiger partial charge >= 0.3 is 0 Å². The van der Waals surface area contributed by atoms with Gasteiger partial charge in [-0.15, -0.1) is 0 Å². The van der Waals surface area contributed by atoms with Crippen LogP contribution in [-0.4, -0.2) is 36.3 Å². The Morgan fingerprint density at radius 1 is 1.35 bits per heavy atom. The highest BCUT2D eigenvalue weighted by Crippen LogP contribution is 2.09. The number of nitriles is 1. The second-order valence-corrected chi connectivity index (χ2v) is 4.33. The number of amides is 2. The first-order valence-electron chi connectivity index (χ1n) is 6.10. The molecule has 1 rings (SSSR count). The van der Waals surface area contributed by atoms with Gasteiger partial charge in [0, 0.05) is 26.1 Å². The molecule has 94 valence electrons. The zero-order valence-electron chi connectivity index (χ0n) is 10.2. The Hall–Kier alpha value is -1.57. The fraction of sp³-hybridized carbons (Fsp3) is 0.750. The lowest BCUT2D eigenvalue weighted by atomic mass is 10.1. The topological polar surface area (TPSA) is 73.2 Å². The van der Waals surface area contributed by atoms with Crippen LogP contribution in [0.2, 0.25) is 0 Å². The molecular formula is C12H19N3O2. The van der Waals surface area contributed by atoms with Gasteiger partial charge in [0.1, 0.15) is 5.92 Å². The summed E-state index contributed by atoms with van der Waals surface area (Å²) < 4.78 is 0. The predicted octanol–water partition coefficient (Wildman–Crippen LogP) is 0.665. The van der Waals surface area contributed by atoms with E-state index in [9.17, 15) is 9.59 Å². The number of hydrogen-bond donors (Lipinski definition) is 1. The third-order valence-electron chi connectivity index (χ3n) is 2.93. The van der Waals surface area contributed by atoms with Crippen LogP contribution in [-0.2, 0) is 9.59 Å². The standard InChI is InChI=1S/C12H19N3O2/c1-10(9-13)12(17)14-6-5-11(16)15-7-3-2-4-8-15/h10H,2-8H2,1H3,(H,14,17). The maximum atomic E-state index is 11.7. The van der Waals surface area contributed by atoms with Crippen molar-refractivity contribution in [1.82, 2.24) is 10.2 Å². The Balaban J connectivity index is 2.20. The van der Waals surface area contributed by atoms with Crippen molar-refractivity contribution >= 4 is 11.8 Å². The van der Waals surface area contributed by atoms with E-state index in [1.165, 1.54) is 6.42 Å². The van der Waals surface area contributed by atoms with Crippen LogP contribution in [0.25, 0.3) is 0 Å². The van der Waals surface area contributed by atoms with Crippen molar-refractivity contribution in [2.24, 2.45) is 5.92 Å². The van der Waals surface area contributed by atoms with E-state index in [2.05, 4.69) is 5.32 Å². The van der Waals surface area contributed by atoms with Crippen molar-refractivity contribution in [2.45, 2.75) is 32.6 Å². The number of nitrogens with zero attached hydrogens (tertiary/aromatic N) is 2. The first-order valence-corrected chi connectivity index (χ1v) is 6.10. The Morgan fingerprint density at radius 3 is 2.59 bits per heavy atom. The summed E-state index contributed by atoms with van der Waals surface area (Å²) in [5, 5.41) is 11.1. The van der Waals surface area contributed by atoms with Gasteiger partial charge < -0.3 is 10.2 Å². The summed E-state index contributed by atoms with van der Waals surface area (Å²) in [5.41, 5.74) is 0. The van der Waals surface area contributed by atoms with Crippen LogP contribution in [0.4, 0.5) is 0 Å². The van der Waals surface area contributed by atoms with Crippen LogP contribution >= 0.6 is 0 Å². The Labute approximate surface area is 102 Å². The Kier molecular flexibility index (Phi) is 5.47. The van der Waals surface area contributed by atoms with E-state index >= 15 is 0 Å². The zero-order chi connectivity index (χ0) is 12.7. The first-order chi connectivity index (χ1) is 8.15. The number of carbonyl (C=O) groups is 2. The minimum atomic E-state index is -0.653. The van der Waals surface area contributed by atoms with E-state index in [1.54, 1.807) is 6.92 Å². The van der Waals surface area contributed by atoms with Gasteiger partial charge in [0.25, 0.3) is 0 Å². The van der Waals surface area contributed by atoms with E-state index < -0.39 is 5.92 Å². The summed E-state index contributed by atoms with van der Waals surface area (Å²) in [6, 6.07) is 1.86. The molecule has 1 aliphatic heterocycles. The second kappa shape index (κ2) is 6.89. The lowest BCUT2D eigenvalue weighted by Crippen LogP contribution is -2.38. The molecular weight excluding hydrogens is 218 g/mol. The lowest BCUT2D eigenvalue weighted by molar-refractivity contribution is -0.132. The molecule has 0 aromatic heterocycles. The minimum absolute atomic E-state index is 0.0922. The average Bonchev–Trinajstić information content (AvgIpc) is 2.38. The smallest absolute Gasteiger partial charge is 0.237 e. The van der Waals surface area contributed by atoms with Gasteiger partial charge in [-0.05, 0) is 26.2 Å². The molecule has 1 heterocycles. The van der Waals surface area contributed by atoms with Crippen molar-refractivity contribution in [3.8, 4) is 6.07 Å². The molecule has 5 nitrogen and oxygen atoms in total. The van der Waals surface area contributed by atoms with E-state index in [-0.39, 0.29) is 11.8 Å². The summed E-state index contributed by atoms with van der Waals surface area (Å²) in [6.07, 6.45) is 3.66. The van der Waals surface area contributed by atoms with Gasteiger partial charge in [0.2, 0.25) is 11.8 Å². The summed E-state index contributed by atoms with van der Waals surface area (Å²) in [6.45, 7) is 3.53. The molecule has 0 aromatic rings. The van der Waals surface area contributed by atoms with E-state index in [1.807, 2.05) is 11.0 Å². The fourth-order valence-corrected chi connectivity index (χ4v) is 1.81. The van der Waals surface area contributed by atoms with Crippen LogP contribution < -0.4 is 5.32 Å². The Morgan fingerprint density at radius 2 is 2.00 bits per heavy atom.